The first kappa shape index (κ1) is 12.6. The maximum atomic E-state index is 11.8. The molecule has 19 heavy (non-hydrogen) atoms. The molecular weight excluding hydrogens is 244 g/mol. The summed E-state index contributed by atoms with van der Waals surface area (Å²) in [4.78, 5) is 23.5. The highest BCUT2D eigenvalue weighted by atomic mass is 16.7. The molecule has 1 saturated carbocycles. The van der Waals surface area contributed by atoms with Crippen molar-refractivity contribution in [1.29, 1.82) is 0 Å². The van der Waals surface area contributed by atoms with Gasteiger partial charge >= 0.3 is 5.97 Å². The van der Waals surface area contributed by atoms with Gasteiger partial charge in [0.25, 0.3) is 0 Å². The summed E-state index contributed by atoms with van der Waals surface area (Å²) in [6.45, 7) is 5.66. The molecule has 0 aromatic carbocycles. The molecule has 4 heteroatoms. The van der Waals surface area contributed by atoms with Crippen molar-refractivity contribution in [3.63, 3.8) is 0 Å². The van der Waals surface area contributed by atoms with Crippen molar-refractivity contribution in [1.82, 2.24) is 0 Å². The lowest BCUT2D eigenvalue weighted by molar-refractivity contribution is -0.201. The van der Waals surface area contributed by atoms with Gasteiger partial charge in [0.05, 0.1) is 0 Å². The van der Waals surface area contributed by atoms with E-state index < -0.39 is 11.8 Å². The van der Waals surface area contributed by atoms with Crippen molar-refractivity contribution in [3.8, 4) is 0 Å². The molecule has 102 valence electrons. The van der Waals surface area contributed by atoms with Gasteiger partial charge in [-0.3, -0.25) is 4.79 Å². The second-order valence-electron chi connectivity index (χ2n) is 6.40. The van der Waals surface area contributed by atoms with E-state index in [1.165, 1.54) is 0 Å². The fourth-order valence-corrected chi connectivity index (χ4v) is 3.98. The van der Waals surface area contributed by atoms with Crippen molar-refractivity contribution in [2.75, 3.05) is 0 Å². The minimum atomic E-state index is -1.50. The Balaban J connectivity index is 2.08. The first-order valence-corrected chi connectivity index (χ1v) is 6.62. The Morgan fingerprint density at radius 1 is 1.37 bits per heavy atom. The average Bonchev–Trinajstić information content (AvgIpc) is 2.45. The zero-order chi connectivity index (χ0) is 14.0. The Morgan fingerprint density at radius 3 is 2.74 bits per heavy atom. The lowest BCUT2D eigenvalue weighted by Crippen LogP contribution is -2.49. The SMILES string of the molecule is CC1=CC(=O)C[C@]2(C)C[C@]3(O)OC(=O)C(C)=C3C[C@@H]12. The number of esters is 1. The zero-order valence-electron chi connectivity index (χ0n) is 11.4. The van der Waals surface area contributed by atoms with E-state index in [1.807, 2.05) is 13.8 Å². The number of carbonyl (C=O) groups excluding carboxylic acids is 2. The number of ether oxygens (including phenoxy) is 1. The third-order valence-corrected chi connectivity index (χ3v) is 4.90. The number of rotatable bonds is 0. The molecule has 1 fully saturated rings. The van der Waals surface area contributed by atoms with Crippen LogP contribution in [-0.4, -0.2) is 22.6 Å². The highest BCUT2D eigenvalue weighted by Crippen LogP contribution is 2.57. The molecule has 2 aliphatic carbocycles. The fourth-order valence-electron chi connectivity index (χ4n) is 3.98. The maximum absolute atomic E-state index is 11.8. The van der Waals surface area contributed by atoms with Crippen LogP contribution in [0, 0.1) is 11.3 Å². The molecule has 0 unspecified atom stereocenters. The quantitative estimate of drug-likeness (QED) is 0.677. The van der Waals surface area contributed by atoms with Gasteiger partial charge in [0.15, 0.2) is 5.78 Å². The molecule has 1 heterocycles. The van der Waals surface area contributed by atoms with Gasteiger partial charge in [0.2, 0.25) is 5.79 Å². The van der Waals surface area contributed by atoms with Gasteiger partial charge in [-0.1, -0.05) is 12.5 Å². The summed E-state index contributed by atoms with van der Waals surface area (Å²) in [6, 6.07) is 0. The van der Waals surface area contributed by atoms with E-state index in [2.05, 4.69) is 0 Å². The van der Waals surface area contributed by atoms with Gasteiger partial charge in [-0.05, 0) is 37.7 Å². The Labute approximate surface area is 112 Å². The van der Waals surface area contributed by atoms with Gasteiger partial charge in [0, 0.05) is 24.0 Å². The smallest absolute Gasteiger partial charge is 0.336 e. The highest BCUT2D eigenvalue weighted by molar-refractivity contribution is 5.93. The van der Waals surface area contributed by atoms with Crippen molar-refractivity contribution < 1.29 is 19.4 Å². The van der Waals surface area contributed by atoms with Gasteiger partial charge in [-0.25, -0.2) is 4.79 Å². The monoisotopic (exact) mass is 262 g/mol. The standard InChI is InChI=1S/C15H18O4/c1-8-4-10(16)6-14(3)7-15(18)12(5-11(8)14)9(2)13(17)19-15/h4,11,18H,5-7H2,1-3H3/t11-,14+,15-/m0/s1. The molecule has 3 atom stereocenters. The van der Waals surface area contributed by atoms with Crippen LogP contribution < -0.4 is 0 Å². The fraction of sp³-hybridized carbons (Fsp3) is 0.600. The van der Waals surface area contributed by atoms with Crippen LogP contribution in [0.5, 0.6) is 0 Å². The number of allylic oxidation sites excluding steroid dienone is 2. The summed E-state index contributed by atoms with van der Waals surface area (Å²) in [5.41, 5.74) is 1.93. The minimum Gasteiger partial charge on any atom is -0.426 e. The largest absolute Gasteiger partial charge is 0.426 e. The van der Waals surface area contributed by atoms with Gasteiger partial charge < -0.3 is 9.84 Å². The van der Waals surface area contributed by atoms with Crippen LogP contribution in [0.25, 0.3) is 0 Å². The third-order valence-electron chi connectivity index (χ3n) is 4.90. The van der Waals surface area contributed by atoms with Crippen LogP contribution in [0.4, 0.5) is 0 Å². The van der Waals surface area contributed by atoms with Crippen LogP contribution in [0.15, 0.2) is 22.8 Å². The predicted molar refractivity (Wildman–Crippen MR) is 68.0 cm³/mol. The Morgan fingerprint density at radius 2 is 2.05 bits per heavy atom. The van der Waals surface area contributed by atoms with E-state index in [4.69, 9.17) is 4.74 Å². The van der Waals surface area contributed by atoms with Gasteiger partial charge in [-0.15, -0.1) is 0 Å². The number of aliphatic hydroxyl groups is 1. The van der Waals surface area contributed by atoms with Crippen LogP contribution in [0.3, 0.4) is 0 Å². The van der Waals surface area contributed by atoms with Crippen LogP contribution in [-0.2, 0) is 14.3 Å². The first-order chi connectivity index (χ1) is 8.75. The summed E-state index contributed by atoms with van der Waals surface area (Å²) < 4.78 is 5.16. The van der Waals surface area contributed by atoms with Crippen molar-refractivity contribution in [2.24, 2.45) is 11.3 Å². The second kappa shape index (κ2) is 3.57. The number of fused-ring (bicyclic) bond motifs is 2. The summed E-state index contributed by atoms with van der Waals surface area (Å²) in [5.74, 6) is -1.64. The molecule has 4 nitrogen and oxygen atoms in total. The number of hydrogen-bond donors (Lipinski definition) is 1. The van der Waals surface area contributed by atoms with Crippen molar-refractivity contribution in [2.45, 2.75) is 45.8 Å². The molecule has 1 N–H and O–H groups in total. The summed E-state index contributed by atoms with van der Waals surface area (Å²) in [6.07, 6.45) is 3.01. The molecule has 3 aliphatic rings. The Kier molecular flexibility index (Phi) is 2.37. The average molecular weight is 262 g/mol. The molecule has 0 aromatic rings. The van der Waals surface area contributed by atoms with Crippen LogP contribution in [0.2, 0.25) is 0 Å². The van der Waals surface area contributed by atoms with E-state index in [0.29, 0.717) is 30.4 Å². The van der Waals surface area contributed by atoms with Crippen LogP contribution in [0.1, 0.15) is 40.0 Å². The van der Waals surface area contributed by atoms with E-state index in [-0.39, 0.29) is 17.1 Å². The second-order valence-corrected chi connectivity index (χ2v) is 6.40. The zero-order valence-corrected chi connectivity index (χ0v) is 11.4. The van der Waals surface area contributed by atoms with Crippen LogP contribution >= 0.6 is 0 Å². The molecule has 3 rings (SSSR count). The lowest BCUT2D eigenvalue weighted by Gasteiger charge is -2.49. The molecular formula is C15H18O4. The number of hydrogen-bond acceptors (Lipinski definition) is 4. The summed E-state index contributed by atoms with van der Waals surface area (Å²) in [5, 5.41) is 10.6. The minimum absolute atomic E-state index is 0.0910. The number of ketones is 1. The molecule has 0 spiro atoms. The van der Waals surface area contributed by atoms with E-state index in [0.717, 1.165) is 5.57 Å². The summed E-state index contributed by atoms with van der Waals surface area (Å²) in [7, 11) is 0. The van der Waals surface area contributed by atoms with Gasteiger partial charge in [0.1, 0.15) is 0 Å². The van der Waals surface area contributed by atoms with E-state index >= 15 is 0 Å². The van der Waals surface area contributed by atoms with Gasteiger partial charge in [-0.2, -0.15) is 0 Å². The third kappa shape index (κ3) is 1.62. The molecule has 0 saturated heterocycles. The number of carbonyl (C=O) groups is 2. The lowest BCUT2D eigenvalue weighted by atomic mass is 9.57. The highest BCUT2D eigenvalue weighted by Gasteiger charge is 2.57. The Bertz CT molecular complexity index is 556. The summed E-state index contributed by atoms with van der Waals surface area (Å²) >= 11 is 0. The maximum Gasteiger partial charge on any atom is 0.336 e. The molecule has 0 radical (unpaired) electrons. The molecule has 0 aromatic heterocycles. The van der Waals surface area contributed by atoms with E-state index in [1.54, 1.807) is 13.0 Å². The van der Waals surface area contributed by atoms with Crippen molar-refractivity contribution in [3.05, 3.63) is 22.8 Å². The molecule has 0 amide bonds. The molecule has 1 aliphatic heterocycles. The van der Waals surface area contributed by atoms with E-state index in [9.17, 15) is 14.7 Å². The predicted octanol–water partition coefficient (Wildman–Crippen LogP) is 1.88. The first-order valence-electron chi connectivity index (χ1n) is 6.62. The topological polar surface area (TPSA) is 63.6 Å². The normalized spacial score (nSPS) is 41.7. The Hall–Kier alpha value is -1.42. The van der Waals surface area contributed by atoms with Crippen molar-refractivity contribution >= 4 is 11.8 Å². The molecule has 0 bridgehead atoms.